The molecule has 108 valence electrons. The van der Waals surface area contributed by atoms with Gasteiger partial charge in [-0.2, -0.15) is 17.4 Å². The van der Waals surface area contributed by atoms with E-state index in [-0.39, 0.29) is 24.7 Å². The number of aliphatic hydroxyl groups is 1. The van der Waals surface area contributed by atoms with Crippen LogP contribution >= 0.6 is 0 Å². The van der Waals surface area contributed by atoms with Crippen LogP contribution in [0.4, 0.5) is 0 Å². The van der Waals surface area contributed by atoms with Crippen LogP contribution in [0.15, 0.2) is 0 Å². The van der Waals surface area contributed by atoms with Crippen molar-refractivity contribution in [1.82, 2.24) is 9.03 Å². The lowest BCUT2D eigenvalue weighted by Crippen LogP contribution is -2.48. The van der Waals surface area contributed by atoms with Crippen LogP contribution in [0, 0.1) is 0 Å². The first kappa shape index (κ1) is 15.8. The molecule has 7 nitrogen and oxygen atoms in total. The summed E-state index contributed by atoms with van der Waals surface area (Å²) in [5, 5.41) is 8.65. The number of sulfone groups is 1. The van der Waals surface area contributed by atoms with Crippen LogP contribution in [0.2, 0.25) is 0 Å². The van der Waals surface area contributed by atoms with Crippen LogP contribution in [0.5, 0.6) is 0 Å². The van der Waals surface area contributed by atoms with Crippen LogP contribution in [-0.2, 0) is 20.0 Å². The van der Waals surface area contributed by atoms with Gasteiger partial charge in [0.15, 0.2) is 9.84 Å². The minimum Gasteiger partial charge on any atom is -0.396 e. The Morgan fingerprint density at radius 1 is 1.44 bits per heavy atom. The van der Waals surface area contributed by atoms with E-state index in [2.05, 4.69) is 4.72 Å². The molecule has 0 aromatic carbocycles. The zero-order chi connectivity index (χ0) is 13.8. The predicted molar refractivity (Wildman–Crippen MR) is 68.1 cm³/mol. The highest BCUT2D eigenvalue weighted by Gasteiger charge is 2.29. The molecule has 1 atom stereocenters. The van der Waals surface area contributed by atoms with E-state index in [1.54, 1.807) is 0 Å². The second-order valence-corrected chi connectivity index (χ2v) is 8.51. The molecule has 0 aliphatic carbocycles. The summed E-state index contributed by atoms with van der Waals surface area (Å²) in [4.78, 5) is 0. The van der Waals surface area contributed by atoms with E-state index < -0.39 is 26.1 Å². The smallest absolute Gasteiger partial charge is 0.279 e. The van der Waals surface area contributed by atoms with E-state index in [1.807, 2.05) is 0 Å². The maximum absolute atomic E-state index is 11.9. The van der Waals surface area contributed by atoms with Gasteiger partial charge >= 0.3 is 0 Å². The van der Waals surface area contributed by atoms with Gasteiger partial charge in [-0.1, -0.05) is 0 Å². The second-order valence-electron chi connectivity index (χ2n) is 4.48. The van der Waals surface area contributed by atoms with Gasteiger partial charge in [-0.3, -0.25) is 0 Å². The highest BCUT2D eigenvalue weighted by molar-refractivity contribution is 7.91. The number of nitrogens with zero attached hydrogens (tertiary/aromatic N) is 1. The molecule has 18 heavy (non-hydrogen) atoms. The maximum Gasteiger partial charge on any atom is 0.279 e. The highest BCUT2D eigenvalue weighted by Crippen LogP contribution is 2.13. The van der Waals surface area contributed by atoms with E-state index >= 15 is 0 Å². The number of rotatable bonds is 6. The fourth-order valence-corrected chi connectivity index (χ4v) is 4.74. The summed E-state index contributed by atoms with van der Waals surface area (Å²) in [5.74, 6) is -0.00828. The lowest BCUT2D eigenvalue weighted by atomic mass is 10.2. The molecule has 0 bridgehead atoms. The van der Waals surface area contributed by atoms with Gasteiger partial charge in [0, 0.05) is 26.2 Å². The second kappa shape index (κ2) is 6.29. The summed E-state index contributed by atoms with van der Waals surface area (Å²) in [6.07, 6.45) is 1.36. The van der Waals surface area contributed by atoms with E-state index in [9.17, 15) is 16.8 Å². The maximum atomic E-state index is 11.9. The molecule has 9 heteroatoms. The summed E-state index contributed by atoms with van der Waals surface area (Å²) in [6, 6.07) is -0.551. The molecule has 0 radical (unpaired) electrons. The SMILES string of the molecule is CN(CCCO)S(=O)(=O)NC1CCCS(=O)(=O)C1. The monoisotopic (exact) mass is 300 g/mol. The molecule has 0 aromatic rings. The molecule has 0 amide bonds. The van der Waals surface area contributed by atoms with Crippen molar-refractivity contribution in [2.75, 3.05) is 31.7 Å². The summed E-state index contributed by atoms with van der Waals surface area (Å²) >= 11 is 0. The number of hydrogen-bond donors (Lipinski definition) is 2. The zero-order valence-corrected chi connectivity index (χ0v) is 12.0. The van der Waals surface area contributed by atoms with Crippen molar-refractivity contribution >= 4 is 20.0 Å². The molecule has 0 aromatic heterocycles. The third-order valence-corrected chi connectivity index (χ3v) is 6.28. The average Bonchev–Trinajstić information content (AvgIpc) is 2.23. The summed E-state index contributed by atoms with van der Waals surface area (Å²) in [5.41, 5.74) is 0. The van der Waals surface area contributed by atoms with Crippen molar-refractivity contribution in [3.05, 3.63) is 0 Å². The Labute approximate surface area is 108 Å². The predicted octanol–water partition coefficient (Wildman–Crippen LogP) is -1.29. The van der Waals surface area contributed by atoms with Gasteiger partial charge in [0.05, 0.1) is 11.5 Å². The van der Waals surface area contributed by atoms with Crippen molar-refractivity contribution in [1.29, 1.82) is 0 Å². The van der Waals surface area contributed by atoms with Gasteiger partial charge in [0.25, 0.3) is 10.2 Å². The standard InChI is InChI=1S/C9H20N2O5S2/c1-11(5-3-6-12)18(15,16)10-9-4-2-7-17(13,14)8-9/h9-10,12H,2-8H2,1H3. The Balaban J connectivity index is 2.60. The van der Waals surface area contributed by atoms with Gasteiger partial charge in [-0.15, -0.1) is 0 Å². The zero-order valence-electron chi connectivity index (χ0n) is 10.4. The molecule has 1 saturated heterocycles. The van der Waals surface area contributed by atoms with Gasteiger partial charge in [0.2, 0.25) is 0 Å². The van der Waals surface area contributed by atoms with Gasteiger partial charge in [-0.05, 0) is 19.3 Å². The Morgan fingerprint density at radius 3 is 2.67 bits per heavy atom. The average molecular weight is 300 g/mol. The number of nitrogens with one attached hydrogen (secondary N) is 1. The molecule has 1 aliphatic heterocycles. The Hall–Kier alpha value is -0.220. The Kier molecular flexibility index (Phi) is 5.53. The van der Waals surface area contributed by atoms with Crippen LogP contribution in [0.25, 0.3) is 0 Å². The summed E-state index contributed by atoms with van der Waals surface area (Å²) < 4.78 is 50.0. The molecule has 1 fully saturated rings. The topological polar surface area (TPSA) is 104 Å². The number of hydrogen-bond acceptors (Lipinski definition) is 5. The molecule has 1 unspecified atom stereocenters. The fraction of sp³-hybridized carbons (Fsp3) is 1.00. The minimum atomic E-state index is -3.67. The van der Waals surface area contributed by atoms with Gasteiger partial charge in [-0.25, -0.2) is 8.42 Å². The molecule has 2 N–H and O–H groups in total. The fourth-order valence-electron chi connectivity index (χ4n) is 1.83. The van der Waals surface area contributed by atoms with Crippen molar-refractivity contribution in [2.24, 2.45) is 0 Å². The van der Waals surface area contributed by atoms with Gasteiger partial charge < -0.3 is 5.11 Å². The first-order chi connectivity index (χ1) is 8.27. The van der Waals surface area contributed by atoms with Crippen molar-refractivity contribution in [2.45, 2.75) is 25.3 Å². The Morgan fingerprint density at radius 2 is 2.11 bits per heavy atom. The minimum absolute atomic E-state index is 0.0856. The first-order valence-corrected chi connectivity index (χ1v) is 9.08. The van der Waals surface area contributed by atoms with Crippen molar-refractivity contribution in [3.63, 3.8) is 0 Å². The Bertz CT molecular complexity index is 459. The molecule has 1 rings (SSSR count). The molecule has 1 heterocycles. The molecular formula is C9H20N2O5S2. The largest absolute Gasteiger partial charge is 0.396 e. The normalized spacial score (nSPS) is 24.3. The summed E-state index contributed by atoms with van der Waals surface area (Å²) in [7, 11) is -5.41. The lowest BCUT2D eigenvalue weighted by molar-refractivity contribution is 0.275. The quantitative estimate of drug-likeness (QED) is 0.635. The van der Waals surface area contributed by atoms with Crippen LogP contribution in [0.3, 0.4) is 0 Å². The lowest BCUT2D eigenvalue weighted by Gasteiger charge is -2.25. The first-order valence-electron chi connectivity index (χ1n) is 5.82. The summed E-state index contributed by atoms with van der Waals surface area (Å²) in [6.45, 7) is 0.114. The van der Waals surface area contributed by atoms with E-state index in [1.165, 1.54) is 7.05 Å². The van der Waals surface area contributed by atoms with Gasteiger partial charge in [0.1, 0.15) is 0 Å². The molecule has 1 aliphatic rings. The third kappa shape index (κ3) is 4.81. The van der Waals surface area contributed by atoms with E-state index in [0.717, 1.165) is 4.31 Å². The van der Waals surface area contributed by atoms with E-state index in [0.29, 0.717) is 19.3 Å². The molecule has 0 spiro atoms. The molecular weight excluding hydrogens is 280 g/mol. The molecule has 0 saturated carbocycles. The van der Waals surface area contributed by atoms with Crippen LogP contribution in [-0.4, -0.2) is 64.0 Å². The highest BCUT2D eigenvalue weighted by atomic mass is 32.2. The third-order valence-electron chi connectivity index (χ3n) is 2.82. The van der Waals surface area contributed by atoms with Crippen LogP contribution in [0.1, 0.15) is 19.3 Å². The van der Waals surface area contributed by atoms with Crippen molar-refractivity contribution in [3.8, 4) is 0 Å². The van der Waals surface area contributed by atoms with Crippen molar-refractivity contribution < 1.29 is 21.9 Å². The van der Waals surface area contributed by atoms with Crippen LogP contribution < -0.4 is 4.72 Å². The van der Waals surface area contributed by atoms with E-state index in [4.69, 9.17) is 5.11 Å². The number of aliphatic hydroxyl groups excluding tert-OH is 1.